The predicted octanol–water partition coefficient (Wildman–Crippen LogP) is -3.68. The molecule has 23 N–H and O–H groups in total. The first-order chi connectivity index (χ1) is 42.9. The first-order valence-electron chi connectivity index (χ1n) is 31.2. The van der Waals surface area contributed by atoms with Gasteiger partial charge in [-0.15, -0.1) is 0 Å². The highest BCUT2D eigenvalue weighted by molar-refractivity contribution is 5.99. The highest BCUT2D eigenvalue weighted by Crippen LogP contribution is 2.15. The quantitative estimate of drug-likeness (QED) is 0.0335. The number of benzene rings is 2. The summed E-state index contributed by atoms with van der Waals surface area (Å²) in [4.78, 5) is 156. The van der Waals surface area contributed by atoms with Crippen LogP contribution in [0.4, 0.5) is 0 Å². The van der Waals surface area contributed by atoms with Crippen LogP contribution in [0.2, 0.25) is 0 Å². The van der Waals surface area contributed by atoms with Crippen LogP contribution in [0.1, 0.15) is 123 Å². The van der Waals surface area contributed by atoms with Crippen LogP contribution < -0.4 is 87.2 Å². The minimum atomic E-state index is -1.70. The highest BCUT2D eigenvalue weighted by Gasteiger charge is 2.37. The molecule has 1 heterocycles. The van der Waals surface area contributed by atoms with Gasteiger partial charge in [0.2, 0.25) is 65.0 Å². The van der Waals surface area contributed by atoms with Crippen molar-refractivity contribution in [1.29, 1.82) is 0 Å². The molecule has 0 spiro atoms. The van der Waals surface area contributed by atoms with E-state index in [1.54, 1.807) is 44.2 Å². The van der Waals surface area contributed by atoms with Gasteiger partial charge < -0.3 is 97.4 Å². The molecule has 0 unspecified atom stereocenters. The molecule has 2 aromatic carbocycles. The van der Waals surface area contributed by atoms with Gasteiger partial charge >= 0.3 is 0 Å². The fourth-order valence-corrected chi connectivity index (χ4v) is 9.82. The van der Waals surface area contributed by atoms with E-state index in [-0.39, 0.29) is 102 Å². The average molecular weight is 1270 g/mol. The van der Waals surface area contributed by atoms with Gasteiger partial charge in [-0.1, -0.05) is 89.4 Å². The number of phenols is 1. The van der Waals surface area contributed by atoms with Crippen molar-refractivity contribution in [2.75, 3.05) is 39.3 Å². The van der Waals surface area contributed by atoms with Crippen LogP contribution in [0.25, 0.3) is 0 Å². The molecule has 0 aromatic heterocycles. The van der Waals surface area contributed by atoms with E-state index in [4.69, 9.17) is 28.7 Å². The number of nitrogens with one attached hydrogen (secondary N) is 11. The third kappa shape index (κ3) is 27.1. The number of hydrogen-bond acceptors (Lipinski definition) is 18. The van der Waals surface area contributed by atoms with Crippen LogP contribution in [-0.4, -0.2) is 181 Å². The number of aliphatic hydroxyl groups excluding tert-OH is 1. The SMILES string of the molecule is CC[C@H](C)CCCCC(=O)N[C@@H](CCN)C(=O)N[C@H](C(=O)N[C@@H](CCN)C(=O)N[C@H]1CCNC(=O)[C@H](Cc2ccc(O)cc2)NC(=O)[C@H](CCN)NC(=O)[C@H](CCN)NC(=O)[C@H](CC(C)C)NC(=O)[C@@H](Cc2ccccc2)NC(=O)[C@H](CCN)NC1=O)[C@@H](C)O. The van der Waals surface area contributed by atoms with Gasteiger partial charge in [-0.3, -0.25) is 52.7 Å². The Hall–Kier alpha value is -7.83. The Labute approximate surface area is 526 Å². The summed E-state index contributed by atoms with van der Waals surface area (Å²) in [5.41, 5.74) is 30.7. The van der Waals surface area contributed by atoms with Crippen molar-refractivity contribution in [1.82, 2.24) is 58.5 Å². The minimum Gasteiger partial charge on any atom is -0.508 e. The molecule has 3 rings (SSSR count). The largest absolute Gasteiger partial charge is 0.508 e. The van der Waals surface area contributed by atoms with Crippen molar-refractivity contribution in [2.45, 2.75) is 191 Å². The second-order valence-corrected chi connectivity index (χ2v) is 23.3. The zero-order valence-corrected chi connectivity index (χ0v) is 52.6. The molecule has 0 radical (unpaired) electrons. The molecule has 12 atom stereocenters. The molecule has 90 heavy (non-hydrogen) atoms. The maximum absolute atomic E-state index is 14.7. The normalized spacial score (nSPS) is 21.9. The third-order valence-electron chi connectivity index (χ3n) is 15.2. The third-order valence-corrected chi connectivity index (χ3v) is 15.2. The second-order valence-electron chi connectivity index (χ2n) is 23.3. The Balaban J connectivity index is 2.13. The Morgan fingerprint density at radius 1 is 0.533 bits per heavy atom. The summed E-state index contributed by atoms with van der Waals surface area (Å²) < 4.78 is 0. The molecule has 1 aliphatic rings. The maximum atomic E-state index is 14.7. The Kier molecular flexibility index (Phi) is 34.6. The van der Waals surface area contributed by atoms with E-state index < -0.39 is 144 Å². The molecule has 2 aromatic rings. The lowest BCUT2D eigenvalue weighted by atomic mass is 10.00. The molecule has 1 saturated heterocycles. The minimum absolute atomic E-state index is 0.0179. The van der Waals surface area contributed by atoms with Crippen molar-refractivity contribution in [3.8, 4) is 5.75 Å². The number of amides is 11. The van der Waals surface area contributed by atoms with Gasteiger partial charge in [0.15, 0.2) is 0 Å². The van der Waals surface area contributed by atoms with Crippen LogP contribution in [0.5, 0.6) is 5.75 Å². The molecule has 0 bridgehead atoms. The molecule has 0 aliphatic carbocycles. The van der Waals surface area contributed by atoms with Gasteiger partial charge in [0.1, 0.15) is 66.2 Å². The molecular weight excluding hydrogens is 1160 g/mol. The molecule has 0 saturated carbocycles. The summed E-state index contributed by atoms with van der Waals surface area (Å²) in [6, 6.07) is -0.161. The Morgan fingerprint density at radius 3 is 1.50 bits per heavy atom. The molecular formula is C61H100N16O13. The van der Waals surface area contributed by atoms with E-state index >= 15 is 0 Å². The number of unbranched alkanes of at least 4 members (excludes halogenated alkanes) is 1. The molecule has 11 amide bonds. The lowest BCUT2D eigenvalue weighted by molar-refractivity contribution is -0.137. The summed E-state index contributed by atoms with van der Waals surface area (Å²) in [5.74, 6) is -9.21. The first kappa shape index (κ1) is 76.4. The van der Waals surface area contributed by atoms with Crippen LogP contribution in [0.3, 0.4) is 0 Å². The predicted molar refractivity (Wildman–Crippen MR) is 336 cm³/mol. The van der Waals surface area contributed by atoms with Gasteiger partial charge in [-0.05, 0) is 126 Å². The van der Waals surface area contributed by atoms with Crippen molar-refractivity contribution >= 4 is 65.0 Å². The van der Waals surface area contributed by atoms with Crippen molar-refractivity contribution in [3.05, 3.63) is 65.7 Å². The van der Waals surface area contributed by atoms with Crippen LogP contribution in [0.15, 0.2) is 54.6 Å². The highest BCUT2D eigenvalue weighted by atomic mass is 16.3. The fourth-order valence-electron chi connectivity index (χ4n) is 9.82. The van der Waals surface area contributed by atoms with E-state index in [1.807, 2.05) is 0 Å². The summed E-state index contributed by atoms with van der Waals surface area (Å²) in [6.07, 6.45) is 0.391. The van der Waals surface area contributed by atoms with Gasteiger partial charge in [-0.25, -0.2) is 0 Å². The smallest absolute Gasteiger partial charge is 0.245 e. The van der Waals surface area contributed by atoms with E-state index in [9.17, 15) is 63.0 Å². The van der Waals surface area contributed by atoms with Crippen molar-refractivity contribution in [2.24, 2.45) is 40.5 Å². The summed E-state index contributed by atoms with van der Waals surface area (Å²) in [7, 11) is 0. The number of hydrogen-bond donors (Lipinski definition) is 18. The van der Waals surface area contributed by atoms with E-state index in [0.717, 1.165) is 19.3 Å². The Morgan fingerprint density at radius 2 is 1.00 bits per heavy atom. The lowest BCUT2D eigenvalue weighted by Crippen LogP contribution is -2.62. The Bertz CT molecular complexity index is 2640. The summed E-state index contributed by atoms with van der Waals surface area (Å²) in [5, 5.41) is 49.7. The van der Waals surface area contributed by atoms with Gasteiger partial charge in [0, 0.05) is 25.8 Å². The molecule has 1 aliphatic heterocycles. The van der Waals surface area contributed by atoms with E-state index in [0.29, 0.717) is 23.5 Å². The van der Waals surface area contributed by atoms with Crippen LogP contribution >= 0.6 is 0 Å². The van der Waals surface area contributed by atoms with Gasteiger partial charge in [-0.2, -0.15) is 0 Å². The lowest BCUT2D eigenvalue weighted by Gasteiger charge is -2.29. The van der Waals surface area contributed by atoms with Crippen LogP contribution in [0, 0.1) is 11.8 Å². The average Bonchev–Trinajstić information content (AvgIpc) is 1.72. The number of carbonyl (C=O) groups excluding carboxylic acids is 11. The van der Waals surface area contributed by atoms with Gasteiger partial charge in [0.05, 0.1) is 6.10 Å². The standard InChI is InChI=1S/C61H100N16O13/c1-6-36(4)12-10-11-15-50(80)68-41(20-26-62)58(87)77-51(37(5)78)61(90)73-45(24-30-66)54(83)72-46-25-31-67-52(81)48(34-39-16-18-40(79)19-17-39)75-55(84)43(22-28-64)69-53(82)42(21-27-63)71-59(88)47(32-35(2)3)74-60(89)49(33-38-13-8-7-9-14-38)76-56(85)44(23-29-65)70-57(46)86/h7-9,13-14,16-19,35-37,41-49,51,78-79H,6,10-12,15,20-34,62-66H2,1-5H3,(H,67,81)(H,68,80)(H,69,82)(H,70,86)(H,71,88)(H,72,83)(H,73,90)(H,74,89)(H,75,84)(H,76,85)(H,77,87)/t36-,37+,41-,42-,43-,44-,45-,46-,47-,48-,49+,51-/m0/s1. The number of phenolic OH excluding ortho intramolecular Hbond substituents is 1. The maximum Gasteiger partial charge on any atom is 0.245 e. The number of nitrogens with two attached hydrogens (primary N) is 5. The zero-order valence-electron chi connectivity index (χ0n) is 52.6. The van der Waals surface area contributed by atoms with E-state index in [2.05, 4.69) is 72.3 Å². The molecule has 29 heteroatoms. The van der Waals surface area contributed by atoms with Crippen LogP contribution in [-0.2, 0) is 65.6 Å². The zero-order chi connectivity index (χ0) is 66.9. The molecule has 1 fully saturated rings. The molecule has 502 valence electrons. The topological polar surface area (TPSA) is 491 Å². The van der Waals surface area contributed by atoms with Crippen molar-refractivity contribution < 1.29 is 63.0 Å². The summed E-state index contributed by atoms with van der Waals surface area (Å²) >= 11 is 0. The monoisotopic (exact) mass is 1260 g/mol. The number of rotatable bonds is 30. The molecule has 29 nitrogen and oxygen atoms in total. The van der Waals surface area contributed by atoms with Gasteiger partial charge in [0.25, 0.3) is 0 Å². The second kappa shape index (κ2) is 40.7. The number of aromatic hydroxyl groups is 1. The first-order valence-corrected chi connectivity index (χ1v) is 31.2. The number of carbonyl (C=O) groups is 11. The van der Waals surface area contributed by atoms with Crippen molar-refractivity contribution in [3.63, 3.8) is 0 Å². The fraction of sp³-hybridized carbons (Fsp3) is 0.623. The van der Waals surface area contributed by atoms with E-state index in [1.165, 1.54) is 31.2 Å². The summed E-state index contributed by atoms with van der Waals surface area (Å²) in [6.45, 7) is 7.90. The number of aliphatic hydroxyl groups is 1.